The fourth-order valence-corrected chi connectivity index (χ4v) is 2.31. The van der Waals surface area contributed by atoms with Gasteiger partial charge < -0.3 is 5.32 Å². The molecule has 0 aliphatic rings. The molecule has 2 rings (SSSR count). The lowest BCUT2D eigenvalue weighted by molar-refractivity contribution is 0.652. The lowest BCUT2D eigenvalue weighted by atomic mass is 10.1. The van der Waals surface area contributed by atoms with Crippen molar-refractivity contribution in [3.63, 3.8) is 0 Å². The van der Waals surface area contributed by atoms with Gasteiger partial charge in [-0.25, -0.2) is 4.68 Å². The Kier molecular flexibility index (Phi) is 5.04. The van der Waals surface area contributed by atoms with Crippen LogP contribution >= 0.6 is 23.2 Å². The van der Waals surface area contributed by atoms with Crippen LogP contribution in [0.2, 0.25) is 10.0 Å². The second kappa shape index (κ2) is 6.78. The van der Waals surface area contributed by atoms with Crippen molar-refractivity contribution in [2.24, 2.45) is 0 Å². The third kappa shape index (κ3) is 3.65. The van der Waals surface area contributed by atoms with Crippen molar-refractivity contribution >= 4 is 28.9 Å². The average molecular weight is 324 g/mol. The molecule has 0 saturated heterocycles. The van der Waals surface area contributed by atoms with Gasteiger partial charge in [0, 0.05) is 11.1 Å². The predicted octanol–water partition coefficient (Wildman–Crippen LogP) is 3.91. The maximum Gasteiger partial charge on any atom is 0.287 e. The van der Waals surface area contributed by atoms with E-state index in [1.807, 2.05) is 31.2 Å². The number of rotatable bonds is 5. The largest absolute Gasteiger partial charge is 0.376 e. The summed E-state index contributed by atoms with van der Waals surface area (Å²) in [6.07, 6.45) is 3.13. The van der Waals surface area contributed by atoms with Crippen LogP contribution in [0.5, 0.6) is 0 Å². The number of aromatic nitrogens is 2. The summed E-state index contributed by atoms with van der Waals surface area (Å²) in [5.41, 5.74) is 1.14. The first kappa shape index (κ1) is 15.6. The van der Waals surface area contributed by atoms with E-state index in [1.54, 1.807) is 6.08 Å². The summed E-state index contributed by atoms with van der Waals surface area (Å²) in [5.74, 6) is 0. The monoisotopic (exact) mass is 323 g/mol. The summed E-state index contributed by atoms with van der Waals surface area (Å²) in [6, 6.07) is 7.43. The topological polar surface area (TPSA) is 46.9 Å². The Bertz CT molecular complexity index is 712. The van der Waals surface area contributed by atoms with E-state index in [0.29, 0.717) is 17.3 Å². The van der Waals surface area contributed by atoms with Crippen molar-refractivity contribution in [1.29, 1.82) is 0 Å². The third-order valence-corrected chi connectivity index (χ3v) is 3.61. The van der Waals surface area contributed by atoms with Crippen molar-refractivity contribution in [3.8, 4) is 0 Å². The van der Waals surface area contributed by atoms with Crippen LogP contribution in [0.25, 0.3) is 0 Å². The Balaban J connectivity index is 2.25. The Labute approximate surface area is 133 Å². The standard InChI is InChI=1S/C15H15Cl2N3O/c1-3-7-20-15(21)14(17)13(9-18-20)19-10(2)11-5-4-6-12(16)8-11/h3-6,8-10,19H,1,7H2,2H3. The van der Waals surface area contributed by atoms with E-state index in [2.05, 4.69) is 17.0 Å². The minimum atomic E-state index is -0.347. The van der Waals surface area contributed by atoms with Crippen LogP contribution in [-0.4, -0.2) is 9.78 Å². The van der Waals surface area contributed by atoms with Crippen molar-refractivity contribution in [1.82, 2.24) is 9.78 Å². The molecule has 4 nitrogen and oxygen atoms in total. The van der Waals surface area contributed by atoms with Gasteiger partial charge in [0.15, 0.2) is 0 Å². The third-order valence-electron chi connectivity index (χ3n) is 3.01. The molecule has 0 bridgehead atoms. The van der Waals surface area contributed by atoms with E-state index >= 15 is 0 Å². The zero-order valence-corrected chi connectivity index (χ0v) is 13.0. The van der Waals surface area contributed by atoms with Crippen molar-refractivity contribution in [3.05, 3.63) is 69.1 Å². The van der Waals surface area contributed by atoms with Crippen LogP contribution < -0.4 is 10.9 Å². The number of hydrogen-bond donors (Lipinski definition) is 1. The Morgan fingerprint density at radius 3 is 2.90 bits per heavy atom. The summed E-state index contributed by atoms with van der Waals surface area (Å²) in [7, 11) is 0. The molecule has 0 saturated carbocycles. The molecule has 1 aromatic carbocycles. The van der Waals surface area contributed by atoms with Gasteiger partial charge in [0.25, 0.3) is 5.56 Å². The lowest BCUT2D eigenvalue weighted by Gasteiger charge is -2.17. The Hall–Kier alpha value is -1.78. The molecule has 21 heavy (non-hydrogen) atoms. The van der Waals surface area contributed by atoms with Crippen LogP contribution in [-0.2, 0) is 6.54 Å². The van der Waals surface area contributed by atoms with Gasteiger partial charge in [-0.1, -0.05) is 41.4 Å². The Morgan fingerprint density at radius 1 is 1.48 bits per heavy atom. The second-order valence-electron chi connectivity index (χ2n) is 4.57. The van der Waals surface area contributed by atoms with Gasteiger partial charge in [-0.15, -0.1) is 6.58 Å². The van der Waals surface area contributed by atoms with Gasteiger partial charge >= 0.3 is 0 Å². The highest BCUT2D eigenvalue weighted by Gasteiger charge is 2.12. The molecule has 1 unspecified atom stereocenters. The second-order valence-corrected chi connectivity index (χ2v) is 5.38. The molecule has 0 aliphatic heterocycles. The highest BCUT2D eigenvalue weighted by molar-refractivity contribution is 6.33. The summed E-state index contributed by atoms with van der Waals surface area (Å²) in [5, 5.41) is 8.00. The summed E-state index contributed by atoms with van der Waals surface area (Å²) in [6.45, 7) is 5.85. The first-order valence-corrected chi connectivity index (χ1v) is 7.17. The van der Waals surface area contributed by atoms with Crippen molar-refractivity contribution in [2.75, 3.05) is 5.32 Å². The van der Waals surface area contributed by atoms with Crippen molar-refractivity contribution in [2.45, 2.75) is 19.5 Å². The molecule has 2 aromatic rings. The quantitative estimate of drug-likeness (QED) is 0.848. The highest BCUT2D eigenvalue weighted by Crippen LogP contribution is 2.24. The maximum absolute atomic E-state index is 12.0. The number of nitrogens with zero attached hydrogens (tertiary/aromatic N) is 2. The number of benzene rings is 1. The molecule has 6 heteroatoms. The van der Waals surface area contributed by atoms with Crippen LogP contribution in [0.1, 0.15) is 18.5 Å². The zero-order chi connectivity index (χ0) is 15.4. The van der Waals surface area contributed by atoms with E-state index in [-0.39, 0.29) is 16.6 Å². The van der Waals surface area contributed by atoms with Crippen LogP contribution in [0.3, 0.4) is 0 Å². The molecule has 0 fully saturated rings. The molecule has 0 aliphatic carbocycles. The SMILES string of the molecule is C=CCn1ncc(NC(C)c2cccc(Cl)c2)c(Cl)c1=O. The zero-order valence-electron chi connectivity index (χ0n) is 11.5. The molecule has 110 valence electrons. The van der Waals surface area contributed by atoms with Gasteiger partial charge in [-0.3, -0.25) is 4.79 Å². The fourth-order valence-electron chi connectivity index (χ4n) is 1.91. The van der Waals surface area contributed by atoms with Crippen LogP contribution in [0, 0.1) is 0 Å². The first-order chi connectivity index (χ1) is 10.0. The molecular weight excluding hydrogens is 309 g/mol. The van der Waals surface area contributed by atoms with Crippen molar-refractivity contribution < 1.29 is 0 Å². The van der Waals surface area contributed by atoms with Gasteiger partial charge in [0.05, 0.1) is 18.4 Å². The fraction of sp³-hybridized carbons (Fsp3) is 0.200. The molecule has 0 radical (unpaired) electrons. The van der Waals surface area contributed by atoms with E-state index in [0.717, 1.165) is 5.56 Å². The molecule has 1 atom stereocenters. The molecule has 1 heterocycles. The van der Waals surface area contributed by atoms with E-state index < -0.39 is 0 Å². The molecular formula is C15H15Cl2N3O. The summed E-state index contributed by atoms with van der Waals surface area (Å²) in [4.78, 5) is 12.0. The summed E-state index contributed by atoms with van der Waals surface area (Å²) >= 11 is 12.1. The molecule has 0 spiro atoms. The van der Waals surface area contributed by atoms with Gasteiger partial charge in [-0.05, 0) is 24.6 Å². The van der Waals surface area contributed by atoms with Gasteiger partial charge in [0.2, 0.25) is 0 Å². The van der Waals surface area contributed by atoms with Gasteiger partial charge in [-0.2, -0.15) is 5.10 Å². The predicted molar refractivity (Wildman–Crippen MR) is 87.2 cm³/mol. The number of allylic oxidation sites excluding steroid dienone is 1. The normalized spacial score (nSPS) is 12.0. The average Bonchev–Trinajstić information content (AvgIpc) is 2.47. The minimum Gasteiger partial charge on any atom is -0.376 e. The van der Waals surface area contributed by atoms with Crippen LogP contribution in [0.4, 0.5) is 5.69 Å². The number of hydrogen-bond acceptors (Lipinski definition) is 3. The molecule has 1 N–H and O–H groups in total. The lowest BCUT2D eigenvalue weighted by Crippen LogP contribution is -2.24. The summed E-state index contributed by atoms with van der Waals surface area (Å²) < 4.78 is 1.25. The van der Waals surface area contributed by atoms with E-state index in [9.17, 15) is 4.79 Å². The molecule has 0 amide bonds. The number of anilines is 1. The maximum atomic E-state index is 12.0. The number of halogens is 2. The first-order valence-electron chi connectivity index (χ1n) is 6.41. The number of nitrogens with one attached hydrogen (secondary N) is 1. The Morgan fingerprint density at radius 2 is 2.24 bits per heavy atom. The highest BCUT2D eigenvalue weighted by atomic mass is 35.5. The van der Waals surface area contributed by atoms with E-state index in [4.69, 9.17) is 23.2 Å². The van der Waals surface area contributed by atoms with Crippen LogP contribution in [0.15, 0.2) is 47.9 Å². The molecule has 1 aromatic heterocycles. The van der Waals surface area contributed by atoms with Gasteiger partial charge in [0.1, 0.15) is 5.02 Å². The minimum absolute atomic E-state index is 0.0577. The van der Waals surface area contributed by atoms with E-state index in [1.165, 1.54) is 10.9 Å². The smallest absolute Gasteiger partial charge is 0.287 e.